The van der Waals surface area contributed by atoms with Crippen LogP contribution >= 0.6 is 0 Å². The van der Waals surface area contributed by atoms with Gasteiger partial charge in [0.2, 0.25) is 5.95 Å². The Labute approximate surface area is 155 Å². The molecule has 0 saturated carbocycles. The SMILES string of the molecule is CCc1cnc(N2CCN(c3ccc(N4CCCCC4)nn3)CC2)nc1. The summed E-state index contributed by atoms with van der Waals surface area (Å²) in [7, 11) is 0. The molecular weight excluding hydrogens is 326 g/mol. The summed E-state index contributed by atoms with van der Waals surface area (Å²) in [5, 5.41) is 8.95. The van der Waals surface area contributed by atoms with Crippen molar-refractivity contribution in [3.63, 3.8) is 0 Å². The molecule has 0 unspecified atom stereocenters. The van der Waals surface area contributed by atoms with Gasteiger partial charge in [-0.25, -0.2) is 9.97 Å². The molecule has 0 amide bonds. The minimum Gasteiger partial charge on any atom is -0.355 e. The van der Waals surface area contributed by atoms with E-state index in [0.29, 0.717) is 0 Å². The predicted molar refractivity (Wildman–Crippen MR) is 104 cm³/mol. The Bertz CT molecular complexity index is 687. The number of hydrogen-bond acceptors (Lipinski definition) is 7. The molecule has 26 heavy (non-hydrogen) atoms. The lowest BCUT2D eigenvalue weighted by Crippen LogP contribution is -2.47. The second-order valence-electron chi connectivity index (χ2n) is 7.02. The molecule has 138 valence electrons. The molecule has 2 saturated heterocycles. The molecule has 4 heterocycles. The minimum atomic E-state index is 0.827. The van der Waals surface area contributed by atoms with E-state index in [1.165, 1.54) is 24.8 Å². The van der Waals surface area contributed by atoms with E-state index in [0.717, 1.165) is 63.3 Å². The molecule has 7 nitrogen and oxygen atoms in total. The van der Waals surface area contributed by atoms with Crippen molar-refractivity contribution in [3.8, 4) is 0 Å². The standard InChI is InChI=1S/C19H27N7/c1-2-16-14-20-19(21-15-16)26-12-10-25(11-13-26)18-7-6-17(22-23-18)24-8-4-3-5-9-24/h6-7,14-15H,2-5,8-13H2,1H3. The van der Waals surface area contributed by atoms with Gasteiger partial charge in [-0.15, -0.1) is 10.2 Å². The minimum absolute atomic E-state index is 0.827. The van der Waals surface area contributed by atoms with Crippen LogP contribution in [-0.4, -0.2) is 59.4 Å². The van der Waals surface area contributed by atoms with Gasteiger partial charge in [0.05, 0.1) is 0 Å². The Hall–Kier alpha value is -2.44. The van der Waals surface area contributed by atoms with Crippen LogP contribution in [0.2, 0.25) is 0 Å². The average Bonchev–Trinajstić information content (AvgIpc) is 2.75. The van der Waals surface area contributed by atoms with Crippen molar-refractivity contribution in [2.24, 2.45) is 0 Å². The smallest absolute Gasteiger partial charge is 0.225 e. The number of piperazine rings is 1. The zero-order valence-electron chi connectivity index (χ0n) is 15.5. The van der Waals surface area contributed by atoms with E-state index in [2.05, 4.69) is 53.9 Å². The van der Waals surface area contributed by atoms with Gasteiger partial charge >= 0.3 is 0 Å². The maximum atomic E-state index is 4.50. The van der Waals surface area contributed by atoms with Gasteiger partial charge in [-0.1, -0.05) is 6.92 Å². The van der Waals surface area contributed by atoms with Crippen molar-refractivity contribution in [2.45, 2.75) is 32.6 Å². The number of aromatic nitrogens is 4. The Morgan fingerprint density at radius 2 is 1.27 bits per heavy atom. The van der Waals surface area contributed by atoms with E-state index in [1.54, 1.807) is 0 Å². The molecule has 2 fully saturated rings. The quantitative estimate of drug-likeness (QED) is 0.834. The van der Waals surface area contributed by atoms with E-state index in [4.69, 9.17) is 0 Å². The number of aryl methyl sites for hydroxylation is 1. The topological polar surface area (TPSA) is 61.3 Å². The number of nitrogens with zero attached hydrogens (tertiary/aromatic N) is 7. The van der Waals surface area contributed by atoms with Crippen LogP contribution in [-0.2, 0) is 6.42 Å². The Morgan fingerprint density at radius 3 is 1.81 bits per heavy atom. The maximum Gasteiger partial charge on any atom is 0.225 e. The van der Waals surface area contributed by atoms with Gasteiger partial charge in [0.1, 0.15) is 0 Å². The second-order valence-corrected chi connectivity index (χ2v) is 7.02. The summed E-state index contributed by atoms with van der Waals surface area (Å²) in [6.45, 7) is 7.96. The van der Waals surface area contributed by atoms with Crippen LogP contribution in [0.5, 0.6) is 0 Å². The number of hydrogen-bond donors (Lipinski definition) is 0. The van der Waals surface area contributed by atoms with E-state index in [-0.39, 0.29) is 0 Å². The van der Waals surface area contributed by atoms with Gasteiger partial charge in [0, 0.05) is 51.7 Å². The van der Waals surface area contributed by atoms with Crippen LogP contribution < -0.4 is 14.7 Å². The normalized spacial score (nSPS) is 18.3. The van der Waals surface area contributed by atoms with Crippen molar-refractivity contribution in [2.75, 3.05) is 54.0 Å². The Balaban J connectivity index is 1.35. The van der Waals surface area contributed by atoms with Crippen molar-refractivity contribution >= 4 is 17.6 Å². The zero-order valence-corrected chi connectivity index (χ0v) is 15.5. The predicted octanol–water partition coefficient (Wildman–Crippen LogP) is 2.15. The molecule has 7 heteroatoms. The van der Waals surface area contributed by atoms with Crippen molar-refractivity contribution < 1.29 is 0 Å². The summed E-state index contributed by atoms with van der Waals surface area (Å²) in [5.41, 5.74) is 1.18. The van der Waals surface area contributed by atoms with Gasteiger partial charge in [-0.05, 0) is 43.4 Å². The largest absolute Gasteiger partial charge is 0.355 e. The van der Waals surface area contributed by atoms with Gasteiger partial charge in [-0.2, -0.15) is 0 Å². The summed E-state index contributed by atoms with van der Waals surface area (Å²) in [6, 6.07) is 4.23. The maximum absolute atomic E-state index is 4.50. The first-order valence-corrected chi connectivity index (χ1v) is 9.73. The van der Waals surface area contributed by atoms with Gasteiger partial charge in [0.15, 0.2) is 11.6 Å². The van der Waals surface area contributed by atoms with Crippen LogP contribution in [0.1, 0.15) is 31.7 Å². The molecule has 2 aliphatic rings. The highest BCUT2D eigenvalue weighted by molar-refractivity contribution is 5.47. The van der Waals surface area contributed by atoms with Crippen molar-refractivity contribution in [3.05, 3.63) is 30.1 Å². The highest BCUT2D eigenvalue weighted by atomic mass is 15.4. The molecule has 0 N–H and O–H groups in total. The van der Waals surface area contributed by atoms with E-state index >= 15 is 0 Å². The molecule has 4 rings (SSSR count). The Morgan fingerprint density at radius 1 is 0.731 bits per heavy atom. The summed E-state index contributed by atoms with van der Waals surface area (Å²) < 4.78 is 0. The van der Waals surface area contributed by atoms with E-state index < -0.39 is 0 Å². The molecule has 2 aliphatic heterocycles. The summed E-state index contributed by atoms with van der Waals surface area (Å²) in [5.74, 6) is 2.80. The van der Waals surface area contributed by atoms with Crippen LogP contribution in [0.4, 0.5) is 17.6 Å². The highest BCUT2D eigenvalue weighted by Gasteiger charge is 2.21. The molecule has 0 aromatic carbocycles. The third kappa shape index (κ3) is 3.71. The van der Waals surface area contributed by atoms with Crippen LogP contribution in [0.15, 0.2) is 24.5 Å². The zero-order chi connectivity index (χ0) is 17.8. The molecule has 2 aromatic rings. The van der Waals surface area contributed by atoms with Gasteiger partial charge in [-0.3, -0.25) is 0 Å². The fraction of sp³-hybridized carbons (Fsp3) is 0.579. The summed E-state index contributed by atoms with van der Waals surface area (Å²) in [6.07, 6.45) is 8.68. The summed E-state index contributed by atoms with van der Waals surface area (Å²) >= 11 is 0. The number of rotatable bonds is 4. The summed E-state index contributed by atoms with van der Waals surface area (Å²) in [4.78, 5) is 15.9. The molecule has 0 bridgehead atoms. The van der Waals surface area contributed by atoms with Crippen LogP contribution in [0, 0.1) is 0 Å². The monoisotopic (exact) mass is 353 g/mol. The lowest BCUT2D eigenvalue weighted by atomic mass is 10.1. The van der Waals surface area contributed by atoms with E-state index in [1.807, 2.05) is 12.4 Å². The molecule has 2 aromatic heterocycles. The van der Waals surface area contributed by atoms with Crippen LogP contribution in [0.25, 0.3) is 0 Å². The third-order valence-electron chi connectivity index (χ3n) is 5.30. The van der Waals surface area contributed by atoms with Gasteiger partial charge < -0.3 is 14.7 Å². The molecule has 0 atom stereocenters. The fourth-order valence-electron chi connectivity index (χ4n) is 3.61. The van der Waals surface area contributed by atoms with Gasteiger partial charge in [0.25, 0.3) is 0 Å². The lowest BCUT2D eigenvalue weighted by molar-refractivity contribution is 0.570. The third-order valence-corrected chi connectivity index (χ3v) is 5.30. The Kier molecular flexibility index (Phi) is 5.13. The van der Waals surface area contributed by atoms with Crippen molar-refractivity contribution in [1.29, 1.82) is 0 Å². The van der Waals surface area contributed by atoms with Crippen molar-refractivity contribution in [1.82, 2.24) is 20.2 Å². The number of piperidine rings is 1. The average molecular weight is 353 g/mol. The first-order valence-electron chi connectivity index (χ1n) is 9.73. The first-order chi connectivity index (χ1) is 12.8. The molecule has 0 spiro atoms. The number of anilines is 3. The molecular formula is C19H27N7. The lowest BCUT2D eigenvalue weighted by Gasteiger charge is -2.35. The molecule has 0 radical (unpaired) electrons. The first kappa shape index (κ1) is 17.0. The molecule has 0 aliphatic carbocycles. The fourth-order valence-corrected chi connectivity index (χ4v) is 3.61. The highest BCUT2D eigenvalue weighted by Crippen LogP contribution is 2.20. The second kappa shape index (κ2) is 7.85. The van der Waals surface area contributed by atoms with E-state index in [9.17, 15) is 0 Å². The van der Waals surface area contributed by atoms with Crippen LogP contribution in [0.3, 0.4) is 0 Å².